The average Bonchev–Trinajstić information content (AvgIpc) is 2.48. The van der Waals surface area contributed by atoms with Gasteiger partial charge in [-0.2, -0.15) is 0 Å². The Labute approximate surface area is 82.6 Å². The lowest BCUT2D eigenvalue weighted by Gasteiger charge is -2.11. The first kappa shape index (κ1) is 11.0. The molecule has 0 spiro atoms. The van der Waals surface area contributed by atoms with Crippen LogP contribution in [0.3, 0.4) is 0 Å². The Balaban J connectivity index is 2.17. The summed E-state index contributed by atoms with van der Waals surface area (Å²) in [4.78, 5) is 23.4. The fourth-order valence-corrected chi connectivity index (χ4v) is 1.44. The third kappa shape index (κ3) is 3.74. The Kier molecular flexibility index (Phi) is 3.88. The summed E-state index contributed by atoms with van der Waals surface area (Å²) in [6.07, 6.45) is 0.605. The summed E-state index contributed by atoms with van der Waals surface area (Å²) in [6.45, 7) is 1.68. The number of carboxylic acids is 1. The number of likely N-dealkylation sites (N-methyl/N-ethyl adjacent to an activating group) is 1. The minimum Gasteiger partial charge on any atom is -0.481 e. The van der Waals surface area contributed by atoms with E-state index in [1.807, 2.05) is 7.05 Å². The van der Waals surface area contributed by atoms with E-state index in [0.717, 1.165) is 19.5 Å². The van der Waals surface area contributed by atoms with Crippen LogP contribution >= 0.6 is 0 Å². The van der Waals surface area contributed by atoms with Crippen LogP contribution < -0.4 is 0 Å². The summed E-state index contributed by atoms with van der Waals surface area (Å²) in [5, 5.41) is 8.35. The van der Waals surface area contributed by atoms with E-state index < -0.39 is 11.9 Å². The molecule has 0 amide bonds. The molecular weight excluding hydrogens is 186 g/mol. The molecule has 1 atom stereocenters. The van der Waals surface area contributed by atoms with Crippen molar-refractivity contribution in [3.05, 3.63) is 0 Å². The molecule has 1 unspecified atom stereocenters. The van der Waals surface area contributed by atoms with Crippen molar-refractivity contribution in [1.29, 1.82) is 0 Å². The molecule has 1 N–H and O–H groups in total. The quantitative estimate of drug-likeness (QED) is 0.653. The lowest BCUT2D eigenvalue weighted by molar-refractivity contribution is -0.151. The average molecular weight is 201 g/mol. The standard InChI is InChI=1S/C9H15NO4/c1-10-5-4-7(6-10)14-9(13)3-2-8(11)12/h7H,2-6H2,1H3,(H,11,12). The van der Waals surface area contributed by atoms with Crippen molar-refractivity contribution in [3.63, 3.8) is 0 Å². The number of carbonyl (C=O) groups excluding carboxylic acids is 1. The van der Waals surface area contributed by atoms with Gasteiger partial charge in [0.25, 0.3) is 0 Å². The Bertz CT molecular complexity index is 229. The predicted molar refractivity (Wildman–Crippen MR) is 48.9 cm³/mol. The molecule has 0 aromatic rings. The molecule has 5 heteroatoms. The van der Waals surface area contributed by atoms with Crippen molar-refractivity contribution in [2.24, 2.45) is 0 Å². The molecule has 1 rings (SSSR count). The van der Waals surface area contributed by atoms with Crippen LogP contribution in [-0.4, -0.2) is 48.2 Å². The van der Waals surface area contributed by atoms with Gasteiger partial charge >= 0.3 is 11.9 Å². The van der Waals surface area contributed by atoms with Crippen molar-refractivity contribution < 1.29 is 19.4 Å². The van der Waals surface area contributed by atoms with Crippen LogP contribution in [0.15, 0.2) is 0 Å². The molecule has 80 valence electrons. The number of carbonyl (C=O) groups is 2. The molecule has 14 heavy (non-hydrogen) atoms. The second kappa shape index (κ2) is 4.95. The molecule has 5 nitrogen and oxygen atoms in total. The van der Waals surface area contributed by atoms with Crippen LogP contribution in [0.1, 0.15) is 19.3 Å². The summed E-state index contributed by atoms with van der Waals surface area (Å²) < 4.78 is 5.09. The van der Waals surface area contributed by atoms with Gasteiger partial charge in [0.05, 0.1) is 12.8 Å². The molecule has 1 fully saturated rings. The molecule has 0 bridgehead atoms. The zero-order valence-corrected chi connectivity index (χ0v) is 8.23. The van der Waals surface area contributed by atoms with Crippen molar-refractivity contribution in [2.45, 2.75) is 25.4 Å². The normalized spacial score (nSPS) is 22.2. The number of ether oxygens (including phenoxy) is 1. The van der Waals surface area contributed by atoms with Crippen molar-refractivity contribution in [3.8, 4) is 0 Å². The lowest BCUT2D eigenvalue weighted by atomic mass is 10.3. The fourth-order valence-electron chi connectivity index (χ4n) is 1.44. The molecule has 0 radical (unpaired) electrons. The molecule has 0 saturated carbocycles. The minimum absolute atomic E-state index is 0.0322. The minimum atomic E-state index is -0.967. The van der Waals surface area contributed by atoms with Gasteiger partial charge in [0, 0.05) is 13.1 Å². The van der Waals surface area contributed by atoms with Gasteiger partial charge in [0.2, 0.25) is 0 Å². The van der Waals surface area contributed by atoms with Crippen molar-refractivity contribution >= 4 is 11.9 Å². The molecule has 0 aliphatic carbocycles. The topological polar surface area (TPSA) is 66.8 Å². The number of carboxylic acid groups (broad SMARTS) is 1. The molecule has 1 aliphatic rings. The van der Waals surface area contributed by atoms with Crippen LogP contribution in [-0.2, 0) is 14.3 Å². The first-order valence-corrected chi connectivity index (χ1v) is 4.67. The second-order valence-electron chi connectivity index (χ2n) is 3.56. The molecule has 1 heterocycles. The summed E-state index contributed by atoms with van der Waals surface area (Å²) >= 11 is 0. The summed E-state index contributed by atoms with van der Waals surface area (Å²) in [5.41, 5.74) is 0. The number of nitrogens with zero attached hydrogens (tertiary/aromatic N) is 1. The third-order valence-corrected chi connectivity index (χ3v) is 2.19. The molecule has 1 saturated heterocycles. The van der Waals surface area contributed by atoms with Gasteiger partial charge in [-0.15, -0.1) is 0 Å². The highest BCUT2D eigenvalue weighted by Gasteiger charge is 2.22. The number of rotatable bonds is 4. The van der Waals surface area contributed by atoms with E-state index in [9.17, 15) is 9.59 Å². The van der Waals surface area contributed by atoms with Gasteiger partial charge in [-0.25, -0.2) is 0 Å². The van der Waals surface area contributed by atoms with Crippen molar-refractivity contribution in [1.82, 2.24) is 4.90 Å². The SMILES string of the molecule is CN1CCC(OC(=O)CCC(=O)O)C1. The number of hydrogen-bond acceptors (Lipinski definition) is 4. The first-order valence-electron chi connectivity index (χ1n) is 4.67. The molecule has 0 aromatic carbocycles. The Hall–Kier alpha value is -1.10. The van der Waals surface area contributed by atoms with E-state index in [2.05, 4.69) is 4.90 Å². The van der Waals surface area contributed by atoms with Gasteiger partial charge < -0.3 is 14.7 Å². The molecular formula is C9H15NO4. The van der Waals surface area contributed by atoms with Gasteiger partial charge in [0.15, 0.2) is 0 Å². The van der Waals surface area contributed by atoms with E-state index >= 15 is 0 Å². The summed E-state index contributed by atoms with van der Waals surface area (Å²) in [5.74, 6) is -1.38. The largest absolute Gasteiger partial charge is 0.481 e. The highest BCUT2D eigenvalue weighted by atomic mass is 16.5. The summed E-state index contributed by atoms with van der Waals surface area (Å²) in [7, 11) is 1.96. The number of aliphatic carboxylic acids is 1. The van der Waals surface area contributed by atoms with Gasteiger partial charge in [-0.1, -0.05) is 0 Å². The maximum atomic E-state index is 11.1. The molecule has 0 aromatic heterocycles. The van der Waals surface area contributed by atoms with Crippen LogP contribution in [0.2, 0.25) is 0 Å². The third-order valence-electron chi connectivity index (χ3n) is 2.19. The zero-order chi connectivity index (χ0) is 10.6. The van der Waals surface area contributed by atoms with Crippen LogP contribution in [0.4, 0.5) is 0 Å². The Morgan fingerprint density at radius 1 is 1.50 bits per heavy atom. The number of esters is 1. The van der Waals surface area contributed by atoms with E-state index in [1.54, 1.807) is 0 Å². The van der Waals surface area contributed by atoms with E-state index in [4.69, 9.17) is 9.84 Å². The van der Waals surface area contributed by atoms with Crippen LogP contribution in [0.5, 0.6) is 0 Å². The van der Waals surface area contributed by atoms with Gasteiger partial charge in [-0.3, -0.25) is 9.59 Å². The highest BCUT2D eigenvalue weighted by molar-refractivity contribution is 5.76. The maximum absolute atomic E-state index is 11.1. The monoisotopic (exact) mass is 201 g/mol. The highest BCUT2D eigenvalue weighted by Crippen LogP contribution is 2.11. The smallest absolute Gasteiger partial charge is 0.306 e. The van der Waals surface area contributed by atoms with Crippen molar-refractivity contribution in [2.75, 3.05) is 20.1 Å². The maximum Gasteiger partial charge on any atom is 0.306 e. The van der Waals surface area contributed by atoms with E-state index in [-0.39, 0.29) is 18.9 Å². The fraction of sp³-hybridized carbons (Fsp3) is 0.778. The number of hydrogen-bond donors (Lipinski definition) is 1. The summed E-state index contributed by atoms with van der Waals surface area (Å²) in [6, 6.07) is 0. The van der Waals surface area contributed by atoms with E-state index in [0.29, 0.717) is 0 Å². The van der Waals surface area contributed by atoms with E-state index in [1.165, 1.54) is 0 Å². The Morgan fingerprint density at radius 2 is 2.21 bits per heavy atom. The van der Waals surface area contributed by atoms with Crippen LogP contribution in [0, 0.1) is 0 Å². The van der Waals surface area contributed by atoms with Crippen LogP contribution in [0.25, 0.3) is 0 Å². The predicted octanol–water partition coefficient (Wildman–Crippen LogP) is 0.0985. The lowest BCUT2D eigenvalue weighted by Crippen LogP contribution is -2.22. The first-order chi connectivity index (χ1) is 6.58. The zero-order valence-electron chi connectivity index (χ0n) is 8.23. The van der Waals surface area contributed by atoms with Gasteiger partial charge in [-0.05, 0) is 13.5 Å². The number of likely N-dealkylation sites (tertiary alicyclic amines) is 1. The second-order valence-corrected chi connectivity index (χ2v) is 3.56. The molecule has 1 aliphatic heterocycles. The Morgan fingerprint density at radius 3 is 2.71 bits per heavy atom. The van der Waals surface area contributed by atoms with Gasteiger partial charge in [0.1, 0.15) is 6.10 Å².